The molecule has 1 aliphatic heterocycles. The monoisotopic (exact) mass is 340 g/mol. The molecule has 3 heterocycles. The van der Waals surface area contributed by atoms with Crippen molar-refractivity contribution in [3.63, 3.8) is 0 Å². The van der Waals surface area contributed by atoms with E-state index in [1.165, 1.54) is 0 Å². The predicted molar refractivity (Wildman–Crippen MR) is 96.4 cm³/mol. The molecule has 0 N–H and O–H groups in total. The lowest BCUT2D eigenvalue weighted by molar-refractivity contribution is 0.0668. The Kier molecular flexibility index (Phi) is 3.86. The van der Waals surface area contributed by atoms with E-state index < -0.39 is 0 Å². The zero-order valence-corrected chi connectivity index (χ0v) is 14.7. The largest absolute Gasteiger partial charge is 0.330 e. The third-order valence-electron chi connectivity index (χ3n) is 4.42. The summed E-state index contributed by atoms with van der Waals surface area (Å²) in [7, 11) is 4.12. The summed E-state index contributed by atoms with van der Waals surface area (Å²) >= 11 is 1.57. The molecule has 24 heavy (non-hydrogen) atoms. The summed E-state index contributed by atoms with van der Waals surface area (Å²) in [5.41, 5.74) is 1.10. The van der Waals surface area contributed by atoms with Gasteiger partial charge in [-0.25, -0.2) is 4.98 Å². The Morgan fingerprint density at radius 2 is 2.21 bits per heavy atom. The fourth-order valence-electron chi connectivity index (χ4n) is 3.35. The van der Waals surface area contributed by atoms with Gasteiger partial charge in [0, 0.05) is 24.0 Å². The van der Waals surface area contributed by atoms with E-state index >= 15 is 0 Å². The van der Waals surface area contributed by atoms with E-state index in [0.717, 1.165) is 27.2 Å². The summed E-state index contributed by atoms with van der Waals surface area (Å²) in [5, 5.41) is 1.14. The molecule has 1 aliphatic rings. The SMILES string of the molecule is CN(C)CC1CN(C(=O)c2cc3ccccc3s2)Cc2cncn21. The molecular formula is C18H20N4OS. The van der Waals surface area contributed by atoms with Crippen LogP contribution in [0, 0.1) is 0 Å². The van der Waals surface area contributed by atoms with Crippen molar-refractivity contribution in [3.8, 4) is 0 Å². The van der Waals surface area contributed by atoms with Crippen LogP contribution >= 0.6 is 11.3 Å². The molecule has 0 radical (unpaired) electrons. The molecule has 2 aromatic heterocycles. The second-order valence-corrected chi connectivity index (χ2v) is 7.63. The van der Waals surface area contributed by atoms with Gasteiger partial charge in [-0.2, -0.15) is 0 Å². The van der Waals surface area contributed by atoms with Crippen molar-refractivity contribution in [1.82, 2.24) is 19.4 Å². The predicted octanol–water partition coefficient (Wildman–Crippen LogP) is 2.86. The molecule has 4 rings (SSSR count). The van der Waals surface area contributed by atoms with Crippen molar-refractivity contribution in [2.24, 2.45) is 0 Å². The molecule has 1 amide bonds. The van der Waals surface area contributed by atoms with Crippen LogP contribution in [0.4, 0.5) is 0 Å². The Bertz CT molecular complexity index is 849. The topological polar surface area (TPSA) is 41.4 Å². The van der Waals surface area contributed by atoms with Crippen molar-refractivity contribution in [2.75, 3.05) is 27.2 Å². The van der Waals surface area contributed by atoms with Crippen LogP contribution in [0.15, 0.2) is 42.9 Å². The van der Waals surface area contributed by atoms with Gasteiger partial charge >= 0.3 is 0 Å². The molecule has 5 nitrogen and oxygen atoms in total. The fraction of sp³-hybridized carbons (Fsp3) is 0.333. The van der Waals surface area contributed by atoms with Gasteiger partial charge in [0.25, 0.3) is 5.91 Å². The van der Waals surface area contributed by atoms with E-state index in [9.17, 15) is 4.79 Å². The highest BCUT2D eigenvalue weighted by Crippen LogP contribution is 2.29. The number of hydrogen-bond acceptors (Lipinski definition) is 4. The van der Waals surface area contributed by atoms with Gasteiger partial charge in [0.15, 0.2) is 0 Å². The highest BCUT2D eigenvalue weighted by atomic mass is 32.1. The summed E-state index contributed by atoms with van der Waals surface area (Å²) in [6.45, 7) is 2.23. The quantitative estimate of drug-likeness (QED) is 0.736. The summed E-state index contributed by atoms with van der Waals surface area (Å²) < 4.78 is 3.36. The number of carbonyl (C=O) groups is 1. The number of amides is 1. The normalized spacial score (nSPS) is 17.5. The number of benzene rings is 1. The summed E-state index contributed by atoms with van der Waals surface area (Å²) in [4.78, 5) is 22.2. The lowest BCUT2D eigenvalue weighted by atomic mass is 10.1. The van der Waals surface area contributed by atoms with Gasteiger partial charge in [0.05, 0.1) is 29.5 Å². The maximum Gasteiger partial charge on any atom is 0.264 e. The minimum absolute atomic E-state index is 0.118. The molecule has 1 aromatic carbocycles. The standard InChI is InChI=1S/C18H20N4OS/c1-20(2)9-15-11-21(10-14-8-19-12-22(14)15)18(23)17-7-13-5-3-4-6-16(13)24-17/h3-8,12,15H,9-11H2,1-2H3. The molecule has 0 spiro atoms. The second kappa shape index (κ2) is 6.03. The zero-order valence-electron chi connectivity index (χ0n) is 13.8. The minimum atomic E-state index is 0.118. The summed E-state index contributed by atoms with van der Waals surface area (Å²) in [5.74, 6) is 0.118. The Labute approximate surface area is 145 Å². The molecule has 124 valence electrons. The third-order valence-corrected chi connectivity index (χ3v) is 5.53. The molecule has 3 aromatic rings. The minimum Gasteiger partial charge on any atom is -0.330 e. The molecule has 6 heteroatoms. The average Bonchev–Trinajstić information content (AvgIpc) is 3.19. The number of hydrogen-bond donors (Lipinski definition) is 0. The first kappa shape index (κ1) is 15.4. The number of likely N-dealkylation sites (N-methyl/N-ethyl adjacent to an activating group) is 1. The Morgan fingerprint density at radius 1 is 1.38 bits per heavy atom. The van der Waals surface area contributed by atoms with Gasteiger partial charge in [0.2, 0.25) is 0 Å². The third kappa shape index (κ3) is 2.72. The van der Waals surface area contributed by atoms with Crippen LogP contribution in [0.5, 0.6) is 0 Å². The maximum atomic E-state index is 13.0. The summed E-state index contributed by atoms with van der Waals surface area (Å²) in [6.07, 6.45) is 3.75. The molecule has 0 bridgehead atoms. The van der Waals surface area contributed by atoms with Crippen LogP contribution in [0.2, 0.25) is 0 Å². The van der Waals surface area contributed by atoms with Crippen LogP contribution < -0.4 is 0 Å². The number of aromatic nitrogens is 2. The molecule has 0 saturated carbocycles. The van der Waals surface area contributed by atoms with Crippen molar-refractivity contribution in [3.05, 3.63) is 53.4 Å². The first-order chi connectivity index (χ1) is 11.6. The lowest BCUT2D eigenvalue weighted by Crippen LogP contribution is -2.43. The van der Waals surface area contributed by atoms with E-state index in [4.69, 9.17) is 0 Å². The Morgan fingerprint density at radius 3 is 3.00 bits per heavy atom. The van der Waals surface area contributed by atoms with Crippen LogP contribution in [-0.2, 0) is 6.54 Å². The number of fused-ring (bicyclic) bond motifs is 2. The highest BCUT2D eigenvalue weighted by molar-refractivity contribution is 7.20. The highest BCUT2D eigenvalue weighted by Gasteiger charge is 2.29. The number of thiophene rings is 1. The van der Waals surface area contributed by atoms with Gasteiger partial charge in [0.1, 0.15) is 0 Å². The maximum absolute atomic E-state index is 13.0. The van der Waals surface area contributed by atoms with Crippen LogP contribution in [0.3, 0.4) is 0 Å². The van der Waals surface area contributed by atoms with Crippen LogP contribution in [0.1, 0.15) is 21.4 Å². The average molecular weight is 340 g/mol. The van der Waals surface area contributed by atoms with Crippen LogP contribution in [0.25, 0.3) is 10.1 Å². The van der Waals surface area contributed by atoms with E-state index in [1.807, 2.05) is 35.6 Å². The molecule has 1 atom stereocenters. The number of rotatable bonds is 3. The van der Waals surface area contributed by atoms with Gasteiger partial charge in [-0.1, -0.05) is 18.2 Å². The van der Waals surface area contributed by atoms with Crippen molar-refractivity contribution < 1.29 is 4.79 Å². The van der Waals surface area contributed by atoms with E-state index in [-0.39, 0.29) is 11.9 Å². The molecule has 0 aliphatic carbocycles. The van der Waals surface area contributed by atoms with E-state index in [1.54, 1.807) is 11.3 Å². The second-order valence-electron chi connectivity index (χ2n) is 6.54. The van der Waals surface area contributed by atoms with Crippen molar-refractivity contribution in [1.29, 1.82) is 0 Å². The number of imidazole rings is 1. The lowest BCUT2D eigenvalue weighted by Gasteiger charge is -2.35. The van der Waals surface area contributed by atoms with Gasteiger partial charge < -0.3 is 14.4 Å². The number of nitrogens with zero attached hydrogens (tertiary/aromatic N) is 4. The van der Waals surface area contributed by atoms with E-state index in [0.29, 0.717) is 13.1 Å². The van der Waals surface area contributed by atoms with Gasteiger partial charge in [-0.05, 0) is 31.6 Å². The van der Waals surface area contributed by atoms with Gasteiger partial charge in [-0.15, -0.1) is 11.3 Å². The molecule has 1 unspecified atom stereocenters. The fourth-order valence-corrected chi connectivity index (χ4v) is 4.38. The van der Waals surface area contributed by atoms with Crippen molar-refractivity contribution >= 4 is 27.3 Å². The van der Waals surface area contributed by atoms with Crippen molar-refractivity contribution in [2.45, 2.75) is 12.6 Å². The number of carbonyl (C=O) groups excluding carboxylic acids is 1. The first-order valence-electron chi connectivity index (χ1n) is 8.05. The molecular weight excluding hydrogens is 320 g/mol. The first-order valence-corrected chi connectivity index (χ1v) is 8.87. The zero-order chi connectivity index (χ0) is 16.7. The van der Waals surface area contributed by atoms with E-state index in [2.05, 4.69) is 40.7 Å². The Hall–Kier alpha value is -2.18. The van der Waals surface area contributed by atoms with Crippen LogP contribution in [-0.4, -0.2) is 52.4 Å². The molecule has 0 saturated heterocycles. The summed E-state index contributed by atoms with van der Waals surface area (Å²) in [6, 6.07) is 10.4. The smallest absolute Gasteiger partial charge is 0.264 e. The Balaban J connectivity index is 1.63. The van der Waals surface area contributed by atoms with Gasteiger partial charge in [-0.3, -0.25) is 4.79 Å². The molecule has 0 fully saturated rings.